The summed E-state index contributed by atoms with van der Waals surface area (Å²) < 4.78 is 1.60. The van der Waals surface area contributed by atoms with Gasteiger partial charge in [-0.05, 0) is 0 Å². The molecule has 0 atom stereocenters. The van der Waals surface area contributed by atoms with Crippen molar-refractivity contribution in [1.29, 1.82) is 5.26 Å². The summed E-state index contributed by atoms with van der Waals surface area (Å²) in [4.78, 5) is 0. The monoisotopic (exact) mass is 172 g/mol. The molecule has 3 heteroatoms. The Bertz CT molecular complexity index is 29.5. The van der Waals surface area contributed by atoms with Gasteiger partial charge in [-0.25, -0.2) is 0 Å². The van der Waals surface area contributed by atoms with E-state index in [0.717, 1.165) is 0 Å². The summed E-state index contributed by atoms with van der Waals surface area (Å²) in [6, 6.07) is 0. The molecule has 0 aromatic rings. The van der Waals surface area contributed by atoms with Gasteiger partial charge in [0.1, 0.15) is 0 Å². The Balaban J connectivity index is 0. The Morgan fingerprint density at radius 1 is 1.75 bits per heavy atom. The average Bonchev–Trinajstić information content (AvgIpc) is 0.918. The number of rotatable bonds is 0. The van der Waals surface area contributed by atoms with Gasteiger partial charge in [0.15, 0.2) is 0 Å². The Morgan fingerprint density at radius 3 is 1.75 bits per heavy atom. The van der Waals surface area contributed by atoms with Gasteiger partial charge in [0.2, 0.25) is 0 Å². The van der Waals surface area contributed by atoms with E-state index in [1.807, 2.05) is 0 Å². The first-order valence-electron chi connectivity index (χ1n) is 0.382. The molecule has 0 aromatic carbocycles. The molecule has 0 spiro atoms. The standard InChI is InChI=1S/CN.K.Pd.H/c1-2;;;. The van der Waals surface area contributed by atoms with Gasteiger partial charge in [0, 0.05) is 0 Å². The normalized spacial score (nSPS) is 2.25. The Labute approximate surface area is 78.6 Å². The van der Waals surface area contributed by atoms with Crippen LogP contribution in [0.5, 0.6) is 0 Å². The fourth-order valence-corrected chi connectivity index (χ4v) is 0. The van der Waals surface area contributed by atoms with Gasteiger partial charge in [0.05, 0.1) is 0 Å². The van der Waals surface area contributed by atoms with Crippen molar-refractivity contribution in [2.24, 2.45) is 0 Å². The fraction of sp³-hybridized carbons (Fsp3) is 0. The summed E-state index contributed by atoms with van der Waals surface area (Å²) in [6.07, 6.45) is 0. The average molecular weight is 173 g/mol. The molecule has 0 radical (unpaired) electrons. The van der Waals surface area contributed by atoms with Crippen LogP contribution in [0.15, 0.2) is 0 Å². The van der Waals surface area contributed by atoms with E-state index in [1.54, 1.807) is 4.54 Å². The number of hydrogen-bond donors (Lipinski definition) is 0. The summed E-state index contributed by atoms with van der Waals surface area (Å²) in [5.41, 5.74) is 0. The topological polar surface area (TPSA) is 23.8 Å². The third kappa shape index (κ3) is 9.21. The second-order valence-corrected chi connectivity index (χ2v) is 0.418. The van der Waals surface area contributed by atoms with Crippen molar-refractivity contribution in [3.63, 3.8) is 0 Å². The molecule has 0 rings (SSSR count). The predicted molar refractivity (Wildman–Crippen MR) is 12.8 cm³/mol. The Hall–Kier alpha value is 1.79. The van der Waals surface area contributed by atoms with Crippen molar-refractivity contribution >= 4 is 51.4 Å². The molecule has 0 aliphatic rings. The molecule has 0 saturated carbocycles. The van der Waals surface area contributed by atoms with Crippen LogP contribution in [-0.4, -0.2) is 51.4 Å². The van der Waals surface area contributed by atoms with Gasteiger partial charge in [-0.3, -0.25) is 0 Å². The molecule has 0 heterocycles. The first kappa shape index (κ1) is 9.25. The van der Waals surface area contributed by atoms with Crippen LogP contribution in [0.25, 0.3) is 0 Å². The van der Waals surface area contributed by atoms with Gasteiger partial charge >= 0.3 is 80.4 Å². The number of nitriles is 1. The maximum absolute atomic E-state index is 7.25. The minimum atomic E-state index is 0. The molecule has 0 aliphatic heterocycles. The molecule has 21 valence electrons. The third-order valence-electron chi connectivity index (χ3n) is 0. The summed E-state index contributed by atoms with van der Waals surface area (Å²) >= 11 is 2.25. The van der Waals surface area contributed by atoms with Crippen LogP contribution in [0, 0.1) is 9.80 Å². The van der Waals surface area contributed by atoms with Crippen LogP contribution in [0.3, 0.4) is 0 Å². The van der Waals surface area contributed by atoms with Crippen LogP contribution in [0.4, 0.5) is 0 Å². The van der Waals surface area contributed by atoms with E-state index in [0.29, 0.717) is 0 Å². The summed E-state index contributed by atoms with van der Waals surface area (Å²) in [7, 11) is 0. The molecular weight excluding hydrogens is 172 g/mol. The van der Waals surface area contributed by atoms with Crippen molar-refractivity contribution in [2.75, 3.05) is 0 Å². The van der Waals surface area contributed by atoms with Crippen molar-refractivity contribution in [3.8, 4) is 4.54 Å². The summed E-state index contributed by atoms with van der Waals surface area (Å²) in [5.74, 6) is 0. The molecule has 0 aromatic heterocycles. The quantitative estimate of drug-likeness (QED) is 0.446. The van der Waals surface area contributed by atoms with Gasteiger partial charge in [-0.15, -0.1) is 0 Å². The van der Waals surface area contributed by atoms with Gasteiger partial charge in [0.25, 0.3) is 0 Å². The molecule has 0 saturated heterocycles. The third-order valence-corrected chi connectivity index (χ3v) is 0. The molecule has 0 N–H and O–H groups in total. The van der Waals surface area contributed by atoms with Crippen LogP contribution < -0.4 is 0 Å². The van der Waals surface area contributed by atoms with E-state index in [9.17, 15) is 0 Å². The van der Waals surface area contributed by atoms with E-state index in [1.165, 1.54) is 0 Å². The molecule has 4 heavy (non-hydrogen) atoms. The van der Waals surface area contributed by atoms with Crippen LogP contribution in [0.2, 0.25) is 0 Å². The van der Waals surface area contributed by atoms with Crippen LogP contribution >= 0.6 is 0 Å². The van der Waals surface area contributed by atoms with Crippen molar-refractivity contribution < 1.29 is 19.2 Å². The molecule has 0 unspecified atom stereocenters. The molecule has 0 bridgehead atoms. The first-order chi connectivity index (χ1) is 1.41. The number of nitrogens with zero attached hydrogens (tertiary/aromatic N) is 1. The maximum atomic E-state index is 7.25. The Kier molecular flexibility index (Phi) is 20.4. The molecule has 0 amide bonds. The van der Waals surface area contributed by atoms with E-state index in [2.05, 4.69) is 19.2 Å². The summed E-state index contributed by atoms with van der Waals surface area (Å²) in [6.45, 7) is 0. The predicted octanol–water partition coefficient (Wildman–Crippen LogP) is -0.634. The van der Waals surface area contributed by atoms with Crippen LogP contribution in [0.1, 0.15) is 0 Å². The van der Waals surface area contributed by atoms with E-state index < -0.39 is 0 Å². The fourth-order valence-electron chi connectivity index (χ4n) is 0. The van der Waals surface area contributed by atoms with Gasteiger partial charge in [-0.2, -0.15) is 0 Å². The van der Waals surface area contributed by atoms with E-state index in [4.69, 9.17) is 5.26 Å². The molecule has 0 aliphatic carbocycles. The second kappa shape index (κ2) is 8.84. The molecule has 1 nitrogen and oxygen atoms in total. The molecular formula is CHKNPd. The zero-order valence-corrected chi connectivity index (χ0v) is 2.82. The van der Waals surface area contributed by atoms with Gasteiger partial charge < -0.3 is 0 Å². The zero-order chi connectivity index (χ0) is 2.71. The van der Waals surface area contributed by atoms with E-state index in [-0.39, 0.29) is 51.4 Å². The minimum absolute atomic E-state index is 0. The van der Waals surface area contributed by atoms with Crippen molar-refractivity contribution in [1.82, 2.24) is 0 Å². The molecule has 0 fully saturated rings. The summed E-state index contributed by atoms with van der Waals surface area (Å²) in [5, 5.41) is 7.25. The second-order valence-electron chi connectivity index (χ2n) is 0.0707. The Morgan fingerprint density at radius 2 is 1.75 bits per heavy atom. The number of hydrogen-bond acceptors (Lipinski definition) is 1. The zero-order valence-electron chi connectivity index (χ0n) is 1.26. The van der Waals surface area contributed by atoms with E-state index >= 15 is 0 Å². The SMILES string of the molecule is N#[C][Pd].[KH]. The van der Waals surface area contributed by atoms with Crippen LogP contribution in [-0.2, 0) is 19.2 Å². The van der Waals surface area contributed by atoms with Crippen molar-refractivity contribution in [2.45, 2.75) is 0 Å². The first-order valence-corrected chi connectivity index (χ1v) is 1.16. The van der Waals surface area contributed by atoms with Crippen molar-refractivity contribution in [3.05, 3.63) is 0 Å². The van der Waals surface area contributed by atoms with Gasteiger partial charge in [-0.1, -0.05) is 0 Å².